The van der Waals surface area contributed by atoms with Gasteiger partial charge >= 0.3 is 35.2 Å². The molecule has 0 radical (unpaired) electrons. The number of hydrogen-bond donors (Lipinski definition) is 2. The normalized spacial score (nSPS) is 18.9. The van der Waals surface area contributed by atoms with Gasteiger partial charge in [0.1, 0.15) is 5.15 Å². The summed E-state index contributed by atoms with van der Waals surface area (Å²) in [5, 5.41) is 17.4. The van der Waals surface area contributed by atoms with E-state index in [4.69, 9.17) is 36.3 Å². The van der Waals surface area contributed by atoms with Gasteiger partial charge in [-0.3, -0.25) is 14.6 Å². The van der Waals surface area contributed by atoms with Gasteiger partial charge in [-0.05, 0) is 179 Å². The van der Waals surface area contributed by atoms with Crippen LogP contribution in [0.25, 0.3) is 0 Å². The Morgan fingerprint density at radius 2 is 1.04 bits per heavy atom. The van der Waals surface area contributed by atoms with Crippen molar-refractivity contribution in [1.82, 2.24) is 29.6 Å². The number of hydrogen-bond acceptors (Lipinski definition) is 12. The number of aromatic nitrogens is 2. The number of rotatable bonds is 10. The smallest absolute Gasteiger partial charge is 1.00 e. The van der Waals surface area contributed by atoms with Crippen molar-refractivity contribution in [2.24, 2.45) is 11.8 Å². The third kappa shape index (κ3) is 30.2. The number of ether oxygens (including phenoxy) is 2. The van der Waals surface area contributed by atoms with E-state index in [-0.39, 0.29) is 92.4 Å². The van der Waals surface area contributed by atoms with E-state index in [9.17, 15) is 19.2 Å². The fourth-order valence-electron chi connectivity index (χ4n) is 9.50. The fourth-order valence-corrected chi connectivity index (χ4v) is 9.78. The van der Waals surface area contributed by atoms with Gasteiger partial charge in [-0.1, -0.05) is 51.4 Å². The molecule has 14 nitrogen and oxygen atoms in total. The molecule has 0 aliphatic carbocycles. The van der Waals surface area contributed by atoms with Gasteiger partial charge in [0.15, 0.2) is 11.6 Å². The minimum atomic E-state index is -0.159. The Bertz CT molecular complexity index is 1910. The first-order chi connectivity index (χ1) is 33.7. The second-order valence-electron chi connectivity index (χ2n) is 19.9. The molecule has 2 aromatic heterocycles. The number of aliphatic hydroxyl groups is 2. The molecule has 2 amide bonds. The summed E-state index contributed by atoms with van der Waals surface area (Å²) in [6.45, 7) is 30.4. The van der Waals surface area contributed by atoms with Crippen molar-refractivity contribution < 1.29 is 72.9 Å². The van der Waals surface area contributed by atoms with Gasteiger partial charge in [0.2, 0.25) is 0 Å². The molecule has 4 fully saturated rings. The maximum atomic E-state index is 12.0. The van der Waals surface area contributed by atoms with Crippen LogP contribution in [0.15, 0.2) is 60.3 Å². The summed E-state index contributed by atoms with van der Waals surface area (Å²) in [6.07, 6.45) is 18.1. The van der Waals surface area contributed by atoms with Crippen molar-refractivity contribution in [3.05, 3.63) is 89.2 Å². The zero-order valence-corrected chi connectivity index (χ0v) is 51.3. The summed E-state index contributed by atoms with van der Waals surface area (Å²) in [5.41, 5.74) is 3.97. The van der Waals surface area contributed by atoms with E-state index in [0.29, 0.717) is 54.1 Å². The Morgan fingerprint density at radius 3 is 1.38 bits per heavy atom. The fraction of sp³-hybridized carbons (Fsp3) is 0.661. The predicted molar refractivity (Wildman–Crippen MR) is 292 cm³/mol. The number of piperidine rings is 2. The van der Waals surface area contributed by atoms with Crippen molar-refractivity contribution in [2.75, 3.05) is 65.6 Å². The van der Waals surface area contributed by atoms with Crippen LogP contribution < -0.4 is 17.0 Å². The molecule has 6 rings (SSSR count). The molecule has 74 heavy (non-hydrogen) atoms. The summed E-state index contributed by atoms with van der Waals surface area (Å²) in [5.74, 6) is 2.25. The number of amides is 2. The monoisotopic (exact) mass is 1170 g/mol. The second-order valence-corrected chi connectivity index (χ2v) is 20.2. The Morgan fingerprint density at radius 1 is 0.662 bits per heavy atom. The summed E-state index contributed by atoms with van der Waals surface area (Å²) in [6, 6.07) is 9.66. The summed E-state index contributed by atoms with van der Waals surface area (Å²) >= 11 is 6.26. The number of carbonyl (C=O) groups excluding carboxylic acids is 4. The van der Waals surface area contributed by atoms with Crippen LogP contribution in [0, 0.1) is 18.8 Å². The largest absolute Gasteiger partial charge is 2.00 e. The van der Waals surface area contributed by atoms with Crippen molar-refractivity contribution in [3.8, 4) is 0 Å². The topological polar surface area (TPSA) is 166 Å². The van der Waals surface area contributed by atoms with Crippen LogP contribution in [-0.4, -0.2) is 164 Å². The van der Waals surface area contributed by atoms with Gasteiger partial charge in [-0.2, -0.15) is 5.92 Å². The first kappa shape index (κ1) is 73.3. The molecular formula is C56H90BrClFeMgN6O8. The van der Waals surface area contributed by atoms with Crippen LogP contribution in [-0.2, 0) is 42.6 Å². The minimum absolute atomic E-state index is 0. The van der Waals surface area contributed by atoms with Gasteiger partial charge in [0, 0.05) is 85.6 Å². The summed E-state index contributed by atoms with van der Waals surface area (Å²) < 4.78 is 10.3. The zero-order valence-electron chi connectivity index (χ0n) is 46.5. The van der Waals surface area contributed by atoms with Crippen molar-refractivity contribution >= 4 is 58.4 Å². The van der Waals surface area contributed by atoms with Gasteiger partial charge in [0.25, 0.3) is 0 Å². The first-order valence-corrected chi connectivity index (χ1v) is 26.6. The number of allylic oxidation sites excluding steroid dienone is 4. The molecule has 4 saturated heterocycles. The molecule has 18 heteroatoms. The Labute approximate surface area is 488 Å². The summed E-state index contributed by atoms with van der Waals surface area (Å²) in [4.78, 5) is 61.9. The minimum Gasteiger partial charge on any atom is -1.00 e. The molecule has 4 aliphatic rings. The van der Waals surface area contributed by atoms with Gasteiger partial charge in [-0.25, -0.2) is 14.6 Å². The van der Waals surface area contributed by atoms with Crippen LogP contribution in [0.5, 0.6) is 0 Å². The molecule has 2 unspecified atom stereocenters. The number of halogens is 2. The van der Waals surface area contributed by atoms with Crippen LogP contribution in [0.3, 0.4) is 0 Å². The number of likely N-dealkylation sites (tertiary alicyclic amines) is 4. The van der Waals surface area contributed by atoms with Crippen molar-refractivity contribution in [2.45, 2.75) is 164 Å². The van der Waals surface area contributed by atoms with E-state index >= 15 is 0 Å². The van der Waals surface area contributed by atoms with Crippen LogP contribution in [0.2, 0.25) is 5.15 Å². The van der Waals surface area contributed by atoms with E-state index < -0.39 is 0 Å². The van der Waals surface area contributed by atoms with E-state index in [0.717, 1.165) is 104 Å². The Kier molecular flexibility index (Phi) is 41.0. The maximum absolute atomic E-state index is 12.0. The average molecular weight is 1170 g/mol. The van der Waals surface area contributed by atoms with E-state index in [1.807, 2.05) is 35.9 Å². The zero-order chi connectivity index (χ0) is 52.9. The molecule has 0 bridgehead atoms. The molecule has 2 aromatic rings. The third-order valence-electron chi connectivity index (χ3n) is 12.6. The van der Waals surface area contributed by atoms with Crippen LogP contribution in [0.4, 0.5) is 9.59 Å². The molecule has 6 heterocycles. The van der Waals surface area contributed by atoms with Gasteiger partial charge in [-0.15, -0.1) is 0 Å². The van der Waals surface area contributed by atoms with E-state index in [2.05, 4.69) is 67.6 Å². The van der Waals surface area contributed by atoms with Crippen molar-refractivity contribution in [3.63, 3.8) is 0 Å². The molecule has 416 valence electrons. The Balaban J connectivity index is 0. The first-order valence-electron chi connectivity index (χ1n) is 26.2. The molecular weight excluding hydrogens is 1080 g/mol. The molecule has 0 aromatic carbocycles. The van der Waals surface area contributed by atoms with Crippen LogP contribution in [0.1, 0.15) is 162 Å². The number of aliphatic hydroxyl groups excluding tert-OH is 2. The van der Waals surface area contributed by atoms with Gasteiger partial charge < -0.3 is 63.2 Å². The van der Waals surface area contributed by atoms with Crippen LogP contribution >= 0.6 is 11.6 Å². The van der Waals surface area contributed by atoms with Crippen molar-refractivity contribution in [1.29, 1.82) is 0 Å². The van der Waals surface area contributed by atoms with Gasteiger partial charge in [0.05, 0.1) is 24.7 Å². The third-order valence-corrected chi connectivity index (χ3v) is 12.9. The second kappa shape index (κ2) is 41.3. The molecule has 0 saturated carbocycles. The maximum Gasteiger partial charge on any atom is 2.00 e. The predicted octanol–water partition coefficient (Wildman–Crippen LogP) is 8.57. The van der Waals surface area contributed by atoms with E-state index in [1.54, 1.807) is 6.20 Å². The quantitative estimate of drug-likeness (QED) is 0.0767. The molecule has 4 aliphatic heterocycles. The molecule has 2 N–H and O–H groups in total. The molecule has 2 atom stereocenters. The number of carbonyl (C=O) groups is 4. The number of nitrogens with zero attached hydrogens (tertiary/aromatic N) is 6. The summed E-state index contributed by atoms with van der Waals surface area (Å²) in [7, 11) is 0. The standard InChI is InChI=1S/C23H37N3O2.C19H28ClN3O2.2C5H8O2.C4H9.BrH.Fe.Mg/c1-4-28-23(27)26-13-6-7-20(11-16-26)25-14-9-19(10-15-25)21-8-5-12-24-22(21)17-18(2)3;1-2-25-19(24)23-11-4-5-16(9-14-23)22-12-7-15(8-13-22)17-6-3-10-21-18(17)20;2*1-4(6)3-5(2)7;1-4(2)3;;;/h5,8,12,18-20H,4,6-7,9-11,13-17H2,1-3H3;3,6,10,15-16H,2,4-5,7-9,11-14H2,1H3;2*3,6H,1-2H3;4H,1H2,2-3H3;1H;;/q;;;;-1;;;+2/p-1/b;;2*4-3-;;;;. The number of ketones is 2. The average Bonchev–Trinajstić information content (AvgIpc) is 3.72. The number of pyridine rings is 2. The Hall–Kier alpha value is -2.76. The van der Waals surface area contributed by atoms with E-state index in [1.165, 1.54) is 75.9 Å². The molecule has 0 spiro atoms. The SMILES string of the molecule is CC(=O)/C=C(/C)O.CC(=O)/C=C(/C)O.CCOC(=O)N1CCCC(N2CCC(c3cccnc3CC(C)C)CC2)CC1.CCOC(=O)N1CCCC(N2CCC(c3cccnc3Cl)CC2)CC1.[Br-].[CH2-]C(C)C.[Fe].[Mg+2].